The topological polar surface area (TPSA) is 84.0 Å². The van der Waals surface area contributed by atoms with E-state index < -0.39 is 23.8 Å². The van der Waals surface area contributed by atoms with E-state index in [-0.39, 0.29) is 23.6 Å². The molecule has 1 saturated heterocycles. The SMILES string of the molecule is C[C@H](C(=O)OCC(=O)N1CCCCC1)N1C(=O)c2ccccc2C1=O. The highest BCUT2D eigenvalue weighted by Gasteiger charge is 2.41. The molecule has 2 aliphatic rings. The Kier molecular flexibility index (Phi) is 4.83. The molecule has 1 aromatic rings. The molecule has 7 nitrogen and oxygen atoms in total. The van der Waals surface area contributed by atoms with Crippen molar-refractivity contribution < 1.29 is 23.9 Å². The number of rotatable bonds is 4. The van der Waals surface area contributed by atoms with Gasteiger partial charge in [0.05, 0.1) is 11.1 Å². The zero-order valence-corrected chi connectivity index (χ0v) is 14.1. The molecule has 1 fully saturated rings. The van der Waals surface area contributed by atoms with E-state index >= 15 is 0 Å². The van der Waals surface area contributed by atoms with Crippen molar-refractivity contribution in [3.63, 3.8) is 0 Å². The van der Waals surface area contributed by atoms with Crippen molar-refractivity contribution in [3.8, 4) is 0 Å². The molecule has 0 unspecified atom stereocenters. The fourth-order valence-electron chi connectivity index (χ4n) is 3.15. The summed E-state index contributed by atoms with van der Waals surface area (Å²) < 4.78 is 5.05. The van der Waals surface area contributed by atoms with Gasteiger partial charge in [-0.1, -0.05) is 12.1 Å². The Balaban J connectivity index is 1.60. The molecule has 3 amide bonds. The number of hydrogen-bond donors (Lipinski definition) is 0. The van der Waals surface area contributed by atoms with E-state index in [4.69, 9.17) is 4.74 Å². The van der Waals surface area contributed by atoms with Gasteiger partial charge in [-0.15, -0.1) is 0 Å². The number of hydrogen-bond acceptors (Lipinski definition) is 5. The molecule has 1 atom stereocenters. The second-order valence-electron chi connectivity index (χ2n) is 6.25. The highest BCUT2D eigenvalue weighted by atomic mass is 16.5. The van der Waals surface area contributed by atoms with Crippen LogP contribution in [0, 0.1) is 0 Å². The number of likely N-dealkylation sites (tertiary alicyclic amines) is 1. The first-order valence-corrected chi connectivity index (χ1v) is 8.42. The van der Waals surface area contributed by atoms with Crippen molar-refractivity contribution in [1.29, 1.82) is 0 Å². The molecule has 25 heavy (non-hydrogen) atoms. The highest BCUT2D eigenvalue weighted by Crippen LogP contribution is 2.24. The maximum absolute atomic E-state index is 12.4. The molecule has 3 rings (SSSR count). The summed E-state index contributed by atoms with van der Waals surface area (Å²) in [5.74, 6) is -2.05. The third-order valence-electron chi connectivity index (χ3n) is 4.60. The van der Waals surface area contributed by atoms with E-state index in [0.717, 1.165) is 24.2 Å². The number of fused-ring (bicyclic) bond motifs is 1. The minimum atomic E-state index is -1.08. The lowest BCUT2D eigenvalue weighted by Gasteiger charge is -2.27. The monoisotopic (exact) mass is 344 g/mol. The average Bonchev–Trinajstić information content (AvgIpc) is 2.90. The summed E-state index contributed by atoms with van der Waals surface area (Å²) in [5.41, 5.74) is 0.549. The van der Waals surface area contributed by atoms with Crippen molar-refractivity contribution in [2.24, 2.45) is 0 Å². The second kappa shape index (κ2) is 7.04. The molecular weight excluding hydrogens is 324 g/mol. The van der Waals surface area contributed by atoms with Gasteiger partial charge in [-0.25, -0.2) is 4.79 Å². The summed E-state index contributed by atoms with van der Waals surface area (Å²) in [6.45, 7) is 2.40. The molecule has 1 aromatic carbocycles. The van der Waals surface area contributed by atoms with Crippen molar-refractivity contribution in [2.75, 3.05) is 19.7 Å². The molecule has 0 aliphatic carbocycles. The molecule has 0 bridgehead atoms. The number of imide groups is 1. The predicted octanol–water partition coefficient (Wildman–Crippen LogP) is 1.23. The standard InChI is InChI=1S/C18H20N2O5/c1-12(18(24)25-11-15(21)19-9-5-2-6-10-19)20-16(22)13-7-3-4-8-14(13)17(20)23/h3-4,7-8,12H,2,5-6,9-11H2,1H3/t12-/m1/s1. The number of carbonyl (C=O) groups is 4. The fraction of sp³-hybridized carbons (Fsp3) is 0.444. The Morgan fingerprint density at radius 2 is 1.60 bits per heavy atom. The largest absolute Gasteiger partial charge is 0.454 e. The number of carbonyl (C=O) groups excluding carboxylic acids is 4. The maximum atomic E-state index is 12.4. The zero-order chi connectivity index (χ0) is 18.0. The summed E-state index contributed by atoms with van der Waals surface area (Å²) in [6, 6.07) is 5.34. The average molecular weight is 344 g/mol. The van der Waals surface area contributed by atoms with Crippen LogP contribution in [0.4, 0.5) is 0 Å². The molecule has 132 valence electrons. The first-order chi connectivity index (χ1) is 12.0. The van der Waals surface area contributed by atoms with Crippen molar-refractivity contribution in [2.45, 2.75) is 32.2 Å². The van der Waals surface area contributed by atoms with E-state index in [2.05, 4.69) is 0 Å². The van der Waals surface area contributed by atoms with Crippen molar-refractivity contribution >= 4 is 23.7 Å². The number of piperidine rings is 1. The first kappa shape index (κ1) is 17.1. The van der Waals surface area contributed by atoms with E-state index in [1.54, 1.807) is 29.2 Å². The van der Waals surface area contributed by atoms with Gasteiger partial charge in [0.25, 0.3) is 17.7 Å². The van der Waals surface area contributed by atoms with E-state index in [9.17, 15) is 19.2 Å². The van der Waals surface area contributed by atoms with Crippen LogP contribution in [0.25, 0.3) is 0 Å². The second-order valence-corrected chi connectivity index (χ2v) is 6.25. The lowest BCUT2D eigenvalue weighted by molar-refractivity contribution is -0.155. The third-order valence-corrected chi connectivity index (χ3v) is 4.60. The summed E-state index contributed by atoms with van der Waals surface area (Å²) in [4.78, 5) is 51.6. The summed E-state index contributed by atoms with van der Waals surface area (Å²) >= 11 is 0. The Morgan fingerprint density at radius 3 is 2.16 bits per heavy atom. The lowest BCUT2D eigenvalue weighted by atomic mass is 10.1. The molecular formula is C18H20N2O5. The van der Waals surface area contributed by atoms with Crippen LogP contribution in [-0.4, -0.2) is 59.2 Å². The van der Waals surface area contributed by atoms with Crippen LogP contribution in [0.2, 0.25) is 0 Å². The smallest absolute Gasteiger partial charge is 0.329 e. The van der Waals surface area contributed by atoms with Crippen LogP contribution in [0.1, 0.15) is 46.9 Å². The molecule has 0 radical (unpaired) electrons. The lowest BCUT2D eigenvalue weighted by Crippen LogP contribution is -2.45. The Labute approximate surface area is 145 Å². The molecule has 7 heteroatoms. The predicted molar refractivity (Wildman–Crippen MR) is 87.8 cm³/mol. The first-order valence-electron chi connectivity index (χ1n) is 8.42. The molecule has 2 aliphatic heterocycles. The van der Waals surface area contributed by atoms with Crippen LogP contribution in [-0.2, 0) is 14.3 Å². The number of amides is 3. The van der Waals surface area contributed by atoms with Gasteiger partial charge in [0.2, 0.25) is 0 Å². The Hall–Kier alpha value is -2.70. The third kappa shape index (κ3) is 3.26. The number of benzene rings is 1. The van der Waals surface area contributed by atoms with Crippen LogP contribution in [0.5, 0.6) is 0 Å². The fourth-order valence-corrected chi connectivity index (χ4v) is 3.15. The Bertz CT molecular complexity index is 689. The van der Waals surface area contributed by atoms with Gasteiger partial charge in [-0.3, -0.25) is 19.3 Å². The summed E-state index contributed by atoms with van der Waals surface area (Å²) in [6.07, 6.45) is 3.00. The van der Waals surface area contributed by atoms with Crippen LogP contribution in [0.15, 0.2) is 24.3 Å². The van der Waals surface area contributed by atoms with Gasteiger partial charge in [-0.05, 0) is 38.3 Å². The number of nitrogens with zero attached hydrogens (tertiary/aromatic N) is 2. The van der Waals surface area contributed by atoms with Crippen molar-refractivity contribution in [3.05, 3.63) is 35.4 Å². The molecule has 2 heterocycles. The molecule has 0 aromatic heterocycles. The van der Waals surface area contributed by atoms with Crippen LogP contribution >= 0.6 is 0 Å². The number of ether oxygens (including phenoxy) is 1. The maximum Gasteiger partial charge on any atom is 0.329 e. The number of esters is 1. The van der Waals surface area contributed by atoms with Crippen LogP contribution in [0.3, 0.4) is 0 Å². The molecule has 0 N–H and O–H groups in total. The Morgan fingerprint density at radius 1 is 1.04 bits per heavy atom. The molecule has 0 saturated carbocycles. The summed E-state index contributed by atoms with van der Waals surface area (Å²) in [5, 5.41) is 0. The van der Waals surface area contributed by atoms with Gasteiger partial charge in [0, 0.05) is 13.1 Å². The van der Waals surface area contributed by atoms with Gasteiger partial charge >= 0.3 is 5.97 Å². The van der Waals surface area contributed by atoms with Crippen LogP contribution < -0.4 is 0 Å². The van der Waals surface area contributed by atoms with Gasteiger partial charge < -0.3 is 9.64 Å². The highest BCUT2D eigenvalue weighted by molar-refractivity contribution is 6.22. The summed E-state index contributed by atoms with van der Waals surface area (Å²) in [7, 11) is 0. The quantitative estimate of drug-likeness (QED) is 0.606. The minimum absolute atomic E-state index is 0.248. The minimum Gasteiger partial charge on any atom is -0.454 e. The van der Waals surface area contributed by atoms with Gasteiger partial charge in [-0.2, -0.15) is 0 Å². The van der Waals surface area contributed by atoms with Gasteiger partial charge in [0.15, 0.2) is 6.61 Å². The van der Waals surface area contributed by atoms with E-state index in [1.807, 2.05) is 0 Å². The van der Waals surface area contributed by atoms with E-state index in [0.29, 0.717) is 13.1 Å². The molecule has 0 spiro atoms. The van der Waals surface area contributed by atoms with Crippen molar-refractivity contribution in [1.82, 2.24) is 9.80 Å². The zero-order valence-electron chi connectivity index (χ0n) is 14.1. The van der Waals surface area contributed by atoms with E-state index in [1.165, 1.54) is 6.92 Å². The van der Waals surface area contributed by atoms with Gasteiger partial charge in [0.1, 0.15) is 6.04 Å². The normalized spacial score (nSPS) is 18.1.